The van der Waals surface area contributed by atoms with Gasteiger partial charge in [0.1, 0.15) is 0 Å². The molecule has 2 aromatic carbocycles. The molecule has 7 nitrogen and oxygen atoms in total. The molecule has 4 rings (SSSR count). The van der Waals surface area contributed by atoms with Crippen LogP contribution < -0.4 is 9.80 Å². The van der Waals surface area contributed by atoms with E-state index in [4.69, 9.17) is 11.6 Å². The molecular weight excluding hydrogens is 426 g/mol. The van der Waals surface area contributed by atoms with Crippen LogP contribution in [0.5, 0.6) is 0 Å². The zero-order valence-electron chi connectivity index (χ0n) is 16.3. The van der Waals surface area contributed by atoms with E-state index in [1.165, 1.54) is 28.6 Å². The Hall–Kier alpha value is -2.42. The fraction of sp³-hybridized carbons (Fsp3) is 0.333. The molecule has 0 aromatic heterocycles. The number of hydrogen-bond donors (Lipinski definition) is 0. The highest BCUT2D eigenvalue weighted by atomic mass is 35.5. The smallest absolute Gasteiger partial charge is 0.243 e. The van der Waals surface area contributed by atoms with Crippen LogP contribution in [0, 0.1) is 0 Å². The standard InChI is InChI=1S/C21H22ClN3O4S/c22-16-3-1-4-18(15-16)23-11-13-24(14-12-23)30(28,29)19-9-7-17(8-10-19)25-20(26)5-2-6-21(25)27/h1,3-4,7-10,15H,2,5-6,11-14H2. The van der Waals surface area contributed by atoms with Crippen LogP contribution in [0.1, 0.15) is 19.3 Å². The maximum absolute atomic E-state index is 13.0. The SMILES string of the molecule is O=C1CCCC(=O)N1c1ccc(S(=O)(=O)N2CCN(c3cccc(Cl)c3)CC2)cc1. The number of sulfonamides is 1. The number of amides is 2. The van der Waals surface area contributed by atoms with Gasteiger partial charge in [-0.3, -0.25) is 14.5 Å². The van der Waals surface area contributed by atoms with E-state index in [2.05, 4.69) is 4.90 Å². The monoisotopic (exact) mass is 447 g/mol. The predicted molar refractivity (Wildman–Crippen MR) is 115 cm³/mol. The van der Waals surface area contributed by atoms with E-state index in [1.807, 2.05) is 18.2 Å². The molecule has 0 N–H and O–H groups in total. The molecule has 0 bridgehead atoms. The second-order valence-corrected chi connectivity index (χ2v) is 9.72. The topological polar surface area (TPSA) is 78.0 Å². The fourth-order valence-corrected chi connectivity index (χ4v) is 5.42. The highest BCUT2D eigenvalue weighted by molar-refractivity contribution is 7.89. The normalized spacial score (nSPS) is 18.7. The van der Waals surface area contributed by atoms with E-state index >= 15 is 0 Å². The molecule has 2 aliphatic rings. The summed E-state index contributed by atoms with van der Waals surface area (Å²) >= 11 is 6.05. The first-order valence-corrected chi connectivity index (χ1v) is 11.6. The summed E-state index contributed by atoms with van der Waals surface area (Å²) in [7, 11) is -3.66. The van der Waals surface area contributed by atoms with Gasteiger partial charge in [0.15, 0.2) is 0 Å². The molecule has 2 aliphatic heterocycles. The molecule has 2 heterocycles. The number of piperidine rings is 1. The van der Waals surface area contributed by atoms with Crippen LogP contribution in [0.25, 0.3) is 0 Å². The van der Waals surface area contributed by atoms with Crippen molar-refractivity contribution in [3.63, 3.8) is 0 Å². The van der Waals surface area contributed by atoms with Gasteiger partial charge in [-0.2, -0.15) is 4.31 Å². The maximum Gasteiger partial charge on any atom is 0.243 e. The summed E-state index contributed by atoms with van der Waals surface area (Å²) < 4.78 is 27.5. The van der Waals surface area contributed by atoms with Crippen molar-refractivity contribution in [2.75, 3.05) is 36.0 Å². The quantitative estimate of drug-likeness (QED) is 0.673. The van der Waals surface area contributed by atoms with E-state index in [9.17, 15) is 18.0 Å². The third kappa shape index (κ3) is 4.08. The first-order chi connectivity index (χ1) is 14.4. The van der Waals surface area contributed by atoms with Gasteiger partial charge in [-0.1, -0.05) is 17.7 Å². The lowest BCUT2D eigenvalue weighted by Gasteiger charge is -2.35. The van der Waals surface area contributed by atoms with Crippen molar-refractivity contribution in [1.29, 1.82) is 0 Å². The van der Waals surface area contributed by atoms with Crippen LogP contribution in [-0.2, 0) is 19.6 Å². The van der Waals surface area contributed by atoms with Gasteiger partial charge in [0.05, 0.1) is 10.6 Å². The molecule has 2 amide bonds. The summed E-state index contributed by atoms with van der Waals surface area (Å²) in [5, 5.41) is 0.647. The van der Waals surface area contributed by atoms with Gasteiger partial charge >= 0.3 is 0 Å². The lowest BCUT2D eigenvalue weighted by molar-refractivity contribution is -0.129. The molecule has 0 spiro atoms. The Morgan fingerprint density at radius 3 is 2.03 bits per heavy atom. The summed E-state index contributed by atoms with van der Waals surface area (Å²) in [6.07, 6.45) is 1.20. The van der Waals surface area contributed by atoms with Crippen molar-refractivity contribution in [1.82, 2.24) is 4.31 Å². The van der Waals surface area contributed by atoms with E-state index < -0.39 is 10.0 Å². The number of anilines is 2. The zero-order valence-corrected chi connectivity index (χ0v) is 17.9. The molecular formula is C21H22ClN3O4S. The van der Waals surface area contributed by atoms with E-state index in [0.717, 1.165) is 10.6 Å². The van der Waals surface area contributed by atoms with Crippen molar-refractivity contribution in [2.45, 2.75) is 24.2 Å². The van der Waals surface area contributed by atoms with Gasteiger partial charge in [0.25, 0.3) is 0 Å². The number of piperazine rings is 1. The summed E-state index contributed by atoms with van der Waals surface area (Å²) in [6, 6.07) is 13.5. The lowest BCUT2D eigenvalue weighted by atomic mass is 10.1. The Labute approximate surface area is 180 Å². The van der Waals surface area contributed by atoms with Crippen molar-refractivity contribution in [3.05, 3.63) is 53.6 Å². The highest BCUT2D eigenvalue weighted by Gasteiger charge is 2.30. The van der Waals surface area contributed by atoms with Crippen molar-refractivity contribution in [2.24, 2.45) is 0 Å². The van der Waals surface area contributed by atoms with Crippen molar-refractivity contribution < 1.29 is 18.0 Å². The molecule has 9 heteroatoms. The first-order valence-electron chi connectivity index (χ1n) is 9.83. The Balaban J connectivity index is 1.46. The van der Waals surface area contributed by atoms with E-state index in [-0.39, 0.29) is 16.7 Å². The molecule has 2 aromatic rings. The second kappa shape index (κ2) is 8.37. The van der Waals surface area contributed by atoms with E-state index in [1.54, 1.807) is 6.07 Å². The third-order valence-electron chi connectivity index (χ3n) is 5.42. The van der Waals surface area contributed by atoms with Gasteiger partial charge in [-0.05, 0) is 48.9 Å². The molecule has 2 saturated heterocycles. The Morgan fingerprint density at radius 2 is 1.43 bits per heavy atom. The van der Waals surface area contributed by atoms with Crippen LogP contribution >= 0.6 is 11.6 Å². The molecule has 158 valence electrons. The average molecular weight is 448 g/mol. The number of carbonyl (C=O) groups excluding carboxylic acids is 2. The summed E-state index contributed by atoms with van der Waals surface area (Å²) in [5.41, 5.74) is 1.38. The number of halogens is 1. The largest absolute Gasteiger partial charge is 0.369 e. The molecule has 0 saturated carbocycles. The van der Waals surface area contributed by atoms with Crippen LogP contribution in [0.3, 0.4) is 0 Å². The number of carbonyl (C=O) groups is 2. The molecule has 2 fully saturated rings. The minimum atomic E-state index is -3.66. The zero-order chi connectivity index (χ0) is 21.3. The summed E-state index contributed by atoms with van der Waals surface area (Å²) in [4.78, 5) is 27.5. The lowest BCUT2D eigenvalue weighted by Crippen LogP contribution is -2.48. The van der Waals surface area contributed by atoms with Crippen LogP contribution in [0.4, 0.5) is 11.4 Å². The van der Waals surface area contributed by atoms with Gasteiger partial charge in [0.2, 0.25) is 21.8 Å². The number of imide groups is 1. The Bertz CT molecular complexity index is 1050. The van der Waals surface area contributed by atoms with Gasteiger partial charge in [0, 0.05) is 49.7 Å². The van der Waals surface area contributed by atoms with Crippen LogP contribution in [0.2, 0.25) is 5.02 Å². The van der Waals surface area contributed by atoms with Crippen molar-refractivity contribution in [3.8, 4) is 0 Å². The fourth-order valence-electron chi connectivity index (χ4n) is 3.82. The van der Waals surface area contributed by atoms with E-state index in [0.29, 0.717) is 56.2 Å². The minimum Gasteiger partial charge on any atom is -0.369 e. The molecule has 0 unspecified atom stereocenters. The summed E-state index contributed by atoms with van der Waals surface area (Å²) in [5.74, 6) is -0.502. The van der Waals surface area contributed by atoms with Crippen LogP contribution in [0.15, 0.2) is 53.4 Å². The number of rotatable bonds is 4. The number of benzene rings is 2. The molecule has 0 atom stereocenters. The molecule has 0 radical (unpaired) electrons. The molecule has 30 heavy (non-hydrogen) atoms. The van der Waals surface area contributed by atoms with Gasteiger partial charge in [-0.25, -0.2) is 8.42 Å². The Morgan fingerprint density at radius 1 is 0.800 bits per heavy atom. The van der Waals surface area contributed by atoms with Gasteiger partial charge in [-0.15, -0.1) is 0 Å². The Kier molecular flexibility index (Phi) is 5.81. The maximum atomic E-state index is 13.0. The first kappa shape index (κ1) is 20.8. The average Bonchev–Trinajstić information content (AvgIpc) is 2.74. The predicted octanol–water partition coefficient (Wildman–Crippen LogP) is 2.89. The number of hydrogen-bond acceptors (Lipinski definition) is 5. The van der Waals surface area contributed by atoms with Crippen LogP contribution in [-0.4, -0.2) is 50.7 Å². The van der Waals surface area contributed by atoms with Crippen molar-refractivity contribution >= 4 is 44.8 Å². The number of nitrogens with zero attached hydrogens (tertiary/aromatic N) is 3. The minimum absolute atomic E-state index is 0.152. The summed E-state index contributed by atoms with van der Waals surface area (Å²) in [6.45, 7) is 1.85. The third-order valence-corrected chi connectivity index (χ3v) is 7.57. The molecule has 0 aliphatic carbocycles. The highest BCUT2D eigenvalue weighted by Crippen LogP contribution is 2.26. The second-order valence-electron chi connectivity index (χ2n) is 7.34. The van der Waals surface area contributed by atoms with Gasteiger partial charge < -0.3 is 4.90 Å².